The lowest BCUT2D eigenvalue weighted by molar-refractivity contribution is 0.397. The first-order valence-corrected chi connectivity index (χ1v) is 7.74. The Hall–Kier alpha value is -0.980. The van der Waals surface area contributed by atoms with E-state index in [-0.39, 0.29) is 0 Å². The van der Waals surface area contributed by atoms with Gasteiger partial charge in [0.05, 0.1) is 6.07 Å². The number of nitrogens with one attached hydrogen (secondary N) is 1. The van der Waals surface area contributed by atoms with E-state index in [0.29, 0.717) is 6.04 Å². The van der Waals surface area contributed by atoms with Gasteiger partial charge in [-0.2, -0.15) is 5.26 Å². The highest BCUT2D eigenvalue weighted by molar-refractivity contribution is 7.99. The van der Waals surface area contributed by atoms with Gasteiger partial charge in [-0.05, 0) is 52.7 Å². The van der Waals surface area contributed by atoms with Crippen LogP contribution in [0.15, 0.2) is 23.1 Å². The van der Waals surface area contributed by atoms with Crippen molar-refractivity contribution in [2.45, 2.75) is 57.5 Å². The van der Waals surface area contributed by atoms with Gasteiger partial charge in [-0.1, -0.05) is 17.7 Å². The smallest absolute Gasteiger partial charge is 0.104 e. The van der Waals surface area contributed by atoms with Crippen molar-refractivity contribution in [1.29, 1.82) is 5.26 Å². The molecular formula is C16H24N2S. The van der Waals surface area contributed by atoms with Crippen LogP contribution in [0.5, 0.6) is 0 Å². The fourth-order valence-corrected chi connectivity index (χ4v) is 3.30. The van der Waals surface area contributed by atoms with Crippen molar-refractivity contribution in [3.8, 4) is 6.07 Å². The lowest BCUT2D eigenvalue weighted by Crippen LogP contribution is -2.45. The lowest BCUT2D eigenvalue weighted by atomic mass is 10.0. The average molecular weight is 276 g/mol. The summed E-state index contributed by atoms with van der Waals surface area (Å²) in [5.41, 5.74) is 2.19. The molecule has 3 heteroatoms. The summed E-state index contributed by atoms with van der Waals surface area (Å²) in [4.78, 5) is 1.32. The van der Waals surface area contributed by atoms with Crippen LogP contribution in [0.4, 0.5) is 0 Å². The minimum Gasteiger partial charge on any atom is -0.297 e. The first kappa shape index (κ1) is 16.1. The van der Waals surface area contributed by atoms with Crippen LogP contribution in [-0.4, -0.2) is 17.3 Å². The summed E-state index contributed by atoms with van der Waals surface area (Å²) in [6.07, 6.45) is 0.847. The van der Waals surface area contributed by atoms with Gasteiger partial charge in [0.15, 0.2) is 0 Å². The average Bonchev–Trinajstić information content (AvgIpc) is 2.31. The summed E-state index contributed by atoms with van der Waals surface area (Å²) in [5, 5.41) is 12.6. The first-order chi connectivity index (χ1) is 8.86. The van der Waals surface area contributed by atoms with Crippen LogP contribution in [0.1, 0.15) is 38.3 Å². The van der Waals surface area contributed by atoms with Gasteiger partial charge in [0.25, 0.3) is 0 Å². The Balaban J connectivity index is 2.55. The van der Waals surface area contributed by atoms with E-state index < -0.39 is 5.54 Å². The summed E-state index contributed by atoms with van der Waals surface area (Å²) >= 11 is 1.83. The minimum atomic E-state index is -0.431. The molecule has 1 unspecified atom stereocenters. The molecular weight excluding hydrogens is 252 g/mol. The van der Waals surface area contributed by atoms with E-state index in [9.17, 15) is 5.26 Å². The maximum Gasteiger partial charge on any atom is 0.104 e. The van der Waals surface area contributed by atoms with E-state index in [4.69, 9.17) is 0 Å². The SMILES string of the molecule is Cc1ccc(SCCC(C)(C#N)NC(C)C)c(C)c1. The molecule has 0 saturated carbocycles. The zero-order valence-corrected chi connectivity index (χ0v) is 13.4. The number of thioether (sulfide) groups is 1. The van der Waals surface area contributed by atoms with Crippen molar-refractivity contribution >= 4 is 11.8 Å². The number of hydrogen-bond acceptors (Lipinski definition) is 3. The maximum absolute atomic E-state index is 9.30. The van der Waals surface area contributed by atoms with Gasteiger partial charge >= 0.3 is 0 Å². The predicted octanol–water partition coefficient (Wildman–Crippen LogP) is 4.07. The number of aryl methyl sites for hydroxylation is 2. The number of rotatable bonds is 6. The molecule has 0 aliphatic carbocycles. The Labute approximate surface area is 121 Å². The first-order valence-electron chi connectivity index (χ1n) is 6.75. The van der Waals surface area contributed by atoms with Crippen molar-refractivity contribution in [2.24, 2.45) is 0 Å². The summed E-state index contributed by atoms with van der Waals surface area (Å²) in [6.45, 7) is 10.4. The van der Waals surface area contributed by atoms with E-state index in [1.54, 1.807) is 0 Å². The number of benzene rings is 1. The third kappa shape index (κ3) is 5.26. The maximum atomic E-state index is 9.30. The third-order valence-corrected chi connectivity index (χ3v) is 4.22. The molecule has 1 rings (SSSR count). The molecule has 0 aliphatic heterocycles. The molecule has 0 heterocycles. The molecule has 0 radical (unpaired) electrons. The molecule has 0 fully saturated rings. The Morgan fingerprint density at radius 2 is 2.05 bits per heavy atom. The molecule has 0 aliphatic rings. The highest BCUT2D eigenvalue weighted by atomic mass is 32.2. The molecule has 0 spiro atoms. The second-order valence-corrected chi connectivity index (χ2v) is 6.75. The van der Waals surface area contributed by atoms with Gasteiger partial charge in [0.1, 0.15) is 5.54 Å². The quantitative estimate of drug-likeness (QED) is 0.796. The summed E-state index contributed by atoms with van der Waals surface area (Å²) in [6, 6.07) is 9.25. The molecule has 1 N–H and O–H groups in total. The Kier molecular flexibility index (Phi) is 5.90. The zero-order valence-electron chi connectivity index (χ0n) is 12.6. The molecule has 1 atom stereocenters. The molecule has 0 saturated heterocycles. The van der Waals surface area contributed by atoms with Crippen LogP contribution in [0, 0.1) is 25.2 Å². The number of hydrogen-bond donors (Lipinski definition) is 1. The Morgan fingerprint density at radius 3 is 2.58 bits per heavy atom. The Morgan fingerprint density at radius 1 is 1.37 bits per heavy atom. The fourth-order valence-electron chi connectivity index (χ4n) is 2.12. The Bertz CT molecular complexity index is 462. The van der Waals surface area contributed by atoms with Crippen LogP contribution < -0.4 is 5.32 Å². The molecule has 2 nitrogen and oxygen atoms in total. The fraction of sp³-hybridized carbons (Fsp3) is 0.562. The summed E-state index contributed by atoms with van der Waals surface area (Å²) < 4.78 is 0. The van der Waals surface area contributed by atoms with E-state index >= 15 is 0 Å². The molecule has 0 aromatic heterocycles. The van der Waals surface area contributed by atoms with Gasteiger partial charge in [-0.15, -0.1) is 11.8 Å². The van der Waals surface area contributed by atoms with Gasteiger partial charge in [-0.3, -0.25) is 5.32 Å². The summed E-state index contributed by atoms with van der Waals surface area (Å²) in [5.74, 6) is 0.952. The van der Waals surface area contributed by atoms with Crippen molar-refractivity contribution in [2.75, 3.05) is 5.75 Å². The second kappa shape index (κ2) is 6.98. The topological polar surface area (TPSA) is 35.8 Å². The number of nitriles is 1. The van der Waals surface area contributed by atoms with Gasteiger partial charge in [-0.25, -0.2) is 0 Å². The van der Waals surface area contributed by atoms with E-state index in [2.05, 4.69) is 57.3 Å². The van der Waals surface area contributed by atoms with Crippen LogP contribution in [-0.2, 0) is 0 Å². The van der Waals surface area contributed by atoms with Crippen LogP contribution in [0.2, 0.25) is 0 Å². The van der Waals surface area contributed by atoms with Crippen molar-refractivity contribution in [3.63, 3.8) is 0 Å². The molecule has 1 aromatic carbocycles. The van der Waals surface area contributed by atoms with E-state index in [1.807, 2.05) is 18.7 Å². The van der Waals surface area contributed by atoms with Crippen molar-refractivity contribution < 1.29 is 0 Å². The van der Waals surface area contributed by atoms with Gasteiger partial charge in [0, 0.05) is 16.7 Å². The van der Waals surface area contributed by atoms with E-state index in [1.165, 1.54) is 16.0 Å². The molecule has 0 amide bonds. The van der Waals surface area contributed by atoms with Crippen LogP contribution >= 0.6 is 11.8 Å². The predicted molar refractivity (Wildman–Crippen MR) is 83.5 cm³/mol. The van der Waals surface area contributed by atoms with Crippen molar-refractivity contribution in [3.05, 3.63) is 29.3 Å². The number of nitrogens with zero attached hydrogens (tertiary/aromatic N) is 1. The van der Waals surface area contributed by atoms with E-state index in [0.717, 1.165) is 12.2 Å². The normalized spacial score (nSPS) is 14.2. The monoisotopic (exact) mass is 276 g/mol. The largest absolute Gasteiger partial charge is 0.297 e. The molecule has 19 heavy (non-hydrogen) atoms. The molecule has 1 aromatic rings. The van der Waals surface area contributed by atoms with Gasteiger partial charge < -0.3 is 0 Å². The van der Waals surface area contributed by atoms with Crippen molar-refractivity contribution in [1.82, 2.24) is 5.32 Å². The highest BCUT2D eigenvalue weighted by Crippen LogP contribution is 2.25. The molecule has 0 bridgehead atoms. The van der Waals surface area contributed by atoms with Crippen LogP contribution in [0.25, 0.3) is 0 Å². The lowest BCUT2D eigenvalue weighted by Gasteiger charge is -2.25. The highest BCUT2D eigenvalue weighted by Gasteiger charge is 2.23. The zero-order chi connectivity index (χ0) is 14.5. The minimum absolute atomic E-state index is 0.329. The van der Waals surface area contributed by atoms with Crippen LogP contribution in [0.3, 0.4) is 0 Å². The summed E-state index contributed by atoms with van der Waals surface area (Å²) in [7, 11) is 0. The van der Waals surface area contributed by atoms with Gasteiger partial charge in [0.2, 0.25) is 0 Å². The second-order valence-electron chi connectivity index (χ2n) is 5.61. The standard InChI is InChI=1S/C16H24N2S/c1-12(2)18-16(5,11-17)8-9-19-15-7-6-13(3)10-14(15)4/h6-7,10,12,18H,8-9H2,1-5H3. The molecule has 104 valence electrons. The third-order valence-electron chi connectivity index (χ3n) is 3.04.